The Labute approximate surface area is 273 Å². The summed E-state index contributed by atoms with van der Waals surface area (Å²) < 4.78 is 19.0. The molecule has 47 heavy (non-hydrogen) atoms. The summed E-state index contributed by atoms with van der Waals surface area (Å²) in [4.78, 5) is 66.9. The van der Waals surface area contributed by atoms with Crippen molar-refractivity contribution < 1.29 is 33.4 Å². The number of carbonyl (C=O) groups is 4. The number of carbonyl (C=O) groups excluding carboxylic acids is 4. The van der Waals surface area contributed by atoms with Crippen LogP contribution in [0.25, 0.3) is 11.4 Å². The van der Waals surface area contributed by atoms with Crippen molar-refractivity contribution in [1.29, 1.82) is 0 Å². The highest BCUT2D eigenvalue weighted by Crippen LogP contribution is 2.32. The number of likely N-dealkylation sites (N-methyl/N-ethyl adjacent to an activating group) is 2. The van der Waals surface area contributed by atoms with Crippen molar-refractivity contribution in [2.75, 3.05) is 61.1 Å². The number of imide groups is 1. The Hall–Kier alpha value is -5.14. The minimum Gasteiger partial charge on any atom is -0.493 e. The number of hydrogen-bond acceptors (Lipinski definition) is 9. The van der Waals surface area contributed by atoms with E-state index in [1.807, 2.05) is 29.0 Å². The number of fused-ring (bicyclic) bond motifs is 4. The van der Waals surface area contributed by atoms with E-state index in [4.69, 9.17) is 14.2 Å². The molecule has 1 fully saturated rings. The van der Waals surface area contributed by atoms with Gasteiger partial charge < -0.3 is 33.5 Å². The molecule has 2 bridgehead atoms. The van der Waals surface area contributed by atoms with Crippen molar-refractivity contribution in [1.82, 2.24) is 34.1 Å². The van der Waals surface area contributed by atoms with E-state index in [-0.39, 0.29) is 30.7 Å². The third-order valence-electron chi connectivity index (χ3n) is 8.56. The molecule has 250 valence electrons. The van der Waals surface area contributed by atoms with Crippen LogP contribution in [0, 0.1) is 0 Å². The molecule has 4 heterocycles. The van der Waals surface area contributed by atoms with Crippen LogP contribution < -0.4 is 14.2 Å². The number of amides is 5. The van der Waals surface area contributed by atoms with Gasteiger partial charge in [-0.2, -0.15) is 0 Å². The summed E-state index contributed by atoms with van der Waals surface area (Å²) in [5, 5.41) is 0. The van der Waals surface area contributed by atoms with Crippen LogP contribution in [-0.2, 0) is 16.1 Å². The molecule has 2 aromatic heterocycles. The second-order valence-corrected chi connectivity index (χ2v) is 11.5. The molecule has 1 atom stereocenters. The number of nitrogens with zero attached hydrogens (tertiary/aromatic N) is 7. The van der Waals surface area contributed by atoms with Crippen molar-refractivity contribution >= 4 is 23.8 Å². The fourth-order valence-corrected chi connectivity index (χ4v) is 5.87. The van der Waals surface area contributed by atoms with Crippen LogP contribution in [0.1, 0.15) is 36.0 Å². The van der Waals surface area contributed by atoms with Crippen LogP contribution >= 0.6 is 0 Å². The van der Waals surface area contributed by atoms with Gasteiger partial charge in [0, 0.05) is 76.1 Å². The minimum absolute atomic E-state index is 0.0951. The first-order valence-corrected chi connectivity index (χ1v) is 15.7. The SMILES string of the molecule is COc1cc(C(=O)N2CCCCN(C(=O)CC3C(=O)N(C)C(=O)N3C)CCCn3ccnc3-c3ccc(OC)c(c3)OCC2)ccn1. The van der Waals surface area contributed by atoms with Gasteiger partial charge in [0.25, 0.3) is 11.8 Å². The molecule has 0 aliphatic carbocycles. The number of aromatic nitrogens is 3. The maximum atomic E-state index is 13.7. The van der Waals surface area contributed by atoms with Gasteiger partial charge in [0.1, 0.15) is 18.5 Å². The zero-order valence-corrected chi connectivity index (χ0v) is 27.3. The Bertz CT molecular complexity index is 1610. The predicted octanol–water partition coefficient (Wildman–Crippen LogP) is 2.78. The molecule has 5 rings (SSSR count). The molecule has 14 nitrogen and oxygen atoms in total. The van der Waals surface area contributed by atoms with Gasteiger partial charge in [-0.3, -0.25) is 19.3 Å². The van der Waals surface area contributed by atoms with E-state index < -0.39 is 12.1 Å². The zero-order valence-electron chi connectivity index (χ0n) is 27.3. The summed E-state index contributed by atoms with van der Waals surface area (Å²) in [5.41, 5.74) is 1.27. The topological polar surface area (TPSA) is 140 Å². The van der Waals surface area contributed by atoms with E-state index in [0.29, 0.717) is 74.9 Å². The van der Waals surface area contributed by atoms with E-state index >= 15 is 0 Å². The number of rotatable bonds is 5. The Morgan fingerprint density at radius 1 is 0.894 bits per heavy atom. The van der Waals surface area contributed by atoms with E-state index in [0.717, 1.165) is 16.3 Å². The number of benzene rings is 1. The molecule has 5 amide bonds. The number of hydrogen-bond donors (Lipinski definition) is 0. The standard InChI is InChI=1S/C33H41N7O7/c1-36-25(32(43)37(2)33(36)44)22-29(41)38-13-5-6-14-40(31(42)24-10-11-34-28(21-24)46-4)18-19-47-27-20-23(8-9-26(27)45-3)30-35-12-17-39(30)16-7-15-38/h8-12,17,20-21,25H,5-7,13-16,18-19,22H2,1-4H3. The fourth-order valence-electron chi connectivity index (χ4n) is 5.87. The number of ether oxygens (including phenoxy) is 3. The van der Waals surface area contributed by atoms with Gasteiger partial charge in [0.05, 0.1) is 27.2 Å². The Kier molecular flexibility index (Phi) is 10.6. The van der Waals surface area contributed by atoms with Gasteiger partial charge in [-0.25, -0.2) is 14.8 Å². The predicted molar refractivity (Wildman–Crippen MR) is 171 cm³/mol. The molecule has 3 aromatic rings. The molecule has 2 aliphatic rings. The lowest BCUT2D eigenvalue weighted by Crippen LogP contribution is -2.41. The van der Waals surface area contributed by atoms with Crippen LogP contribution in [0.15, 0.2) is 48.9 Å². The van der Waals surface area contributed by atoms with Gasteiger partial charge in [0.2, 0.25) is 11.8 Å². The summed E-state index contributed by atoms with van der Waals surface area (Å²) >= 11 is 0. The summed E-state index contributed by atoms with van der Waals surface area (Å²) in [6.45, 7) is 2.41. The monoisotopic (exact) mass is 647 g/mol. The van der Waals surface area contributed by atoms with Crippen molar-refractivity contribution in [3.8, 4) is 28.8 Å². The van der Waals surface area contributed by atoms with Crippen LogP contribution in [0.2, 0.25) is 0 Å². The van der Waals surface area contributed by atoms with E-state index in [9.17, 15) is 19.2 Å². The Balaban J connectivity index is 1.39. The van der Waals surface area contributed by atoms with Crippen LogP contribution in [0.3, 0.4) is 0 Å². The second kappa shape index (κ2) is 15.0. The first-order valence-electron chi connectivity index (χ1n) is 15.7. The van der Waals surface area contributed by atoms with Crippen LogP contribution in [0.5, 0.6) is 17.4 Å². The average molecular weight is 648 g/mol. The lowest BCUT2D eigenvalue weighted by atomic mass is 10.1. The summed E-state index contributed by atoms with van der Waals surface area (Å²) in [6, 6.07) is 7.60. The zero-order chi connectivity index (χ0) is 33.5. The third kappa shape index (κ3) is 7.47. The maximum absolute atomic E-state index is 13.7. The van der Waals surface area contributed by atoms with Gasteiger partial charge in [-0.15, -0.1) is 0 Å². The van der Waals surface area contributed by atoms with Crippen LogP contribution in [0.4, 0.5) is 4.79 Å². The molecule has 1 unspecified atom stereocenters. The average Bonchev–Trinajstić information content (AvgIpc) is 3.63. The van der Waals surface area contributed by atoms with Gasteiger partial charge >= 0.3 is 6.03 Å². The van der Waals surface area contributed by atoms with Crippen molar-refractivity contribution in [2.45, 2.75) is 38.3 Å². The summed E-state index contributed by atoms with van der Waals surface area (Å²) in [6.07, 6.45) is 6.93. The highest BCUT2D eigenvalue weighted by molar-refractivity contribution is 6.05. The highest BCUT2D eigenvalue weighted by Gasteiger charge is 2.42. The normalized spacial score (nSPS) is 18.0. The first kappa shape index (κ1) is 33.2. The summed E-state index contributed by atoms with van der Waals surface area (Å²) in [5.74, 6) is 1.40. The summed E-state index contributed by atoms with van der Waals surface area (Å²) in [7, 11) is 6.04. The fraction of sp³-hybridized carbons (Fsp3) is 0.455. The van der Waals surface area contributed by atoms with E-state index in [1.54, 1.807) is 35.2 Å². The highest BCUT2D eigenvalue weighted by atomic mass is 16.5. The van der Waals surface area contributed by atoms with Crippen molar-refractivity contribution in [3.05, 3.63) is 54.5 Å². The minimum atomic E-state index is -0.834. The number of pyridine rings is 1. The molecular weight excluding hydrogens is 606 g/mol. The molecule has 2 aliphatic heterocycles. The van der Waals surface area contributed by atoms with Gasteiger partial charge in [-0.1, -0.05) is 0 Å². The Morgan fingerprint density at radius 3 is 2.38 bits per heavy atom. The molecule has 1 aromatic carbocycles. The molecular formula is C33H41N7O7. The second-order valence-electron chi connectivity index (χ2n) is 11.5. The largest absolute Gasteiger partial charge is 0.493 e. The quantitative estimate of drug-likeness (QED) is 0.383. The van der Waals surface area contributed by atoms with Crippen LogP contribution in [-0.4, -0.2) is 125 Å². The lowest BCUT2D eigenvalue weighted by molar-refractivity contribution is -0.136. The molecule has 0 spiro atoms. The maximum Gasteiger partial charge on any atom is 0.326 e. The number of aryl methyl sites for hydroxylation is 1. The number of imidazole rings is 1. The first-order chi connectivity index (χ1) is 22.7. The molecule has 0 radical (unpaired) electrons. The van der Waals surface area contributed by atoms with Crippen molar-refractivity contribution in [2.24, 2.45) is 0 Å². The van der Waals surface area contributed by atoms with Gasteiger partial charge in [0.15, 0.2) is 11.5 Å². The third-order valence-corrected chi connectivity index (χ3v) is 8.56. The van der Waals surface area contributed by atoms with E-state index in [1.165, 1.54) is 32.3 Å². The molecule has 0 saturated carbocycles. The molecule has 1 saturated heterocycles. The molecule has 0 N–H and O–H groups in total. The lowest BCUT2D eigenvalue weighted by Gasteiger charge is -2.26. The van der Waals surface area contributed by atoms with Crippen molar-refractivity contribution in [3.63, 3.8) is 0 Å². The number of urea groups is 1. The Morgan fingerprint density at radius 2 is 1.66 bits per heavy atom. The van der Waals surface area contributed by atoms with E-state index in [2.05, 4.69) is 9.97 Å². The van der Waals surface area contributed by atoms with Gasteiger partial charge in [-0.05, 0) is 43.5 Å². The number of methoxy groups -OCH3 is 2. The smallest absolute Gasteiger partial charge is 0.326 e. The molecule has 14 heteroatoms.